The van der Waals surface area contributed by atoms with E-state index in [0.717, 1.165) is 45.6 Å². The first-order valence-corrected chi connectivity index (χ1v) is 9.24. The molecule has 3 heterocycles. The highest BCUT2D eigenvalue weighted by Gasteiger charge is 2.35. The minimum Gasteiger partial charge on any atom is -0.375 e. The first-order valence-electron chi connectivity index (χ1n) is 9.24. The van der Waals surface area contributed by atoms with Gasteiger partial charge in [-0.05, 0) is 26.7 Å². The second-order valence-electron chi connectivity index (χ2n) is 7.08. The maximum Gasteiger partial charge on any atom is 0.242 e. The van der Waals surface area contributed by atoms with E-state index >= 15 is 0 Å². The van der Waals surface area contributed by atoms with Crippen LogP contribution in [0, 0.1) is 0 Å². The molecule has 3 atom stereocenters. The summed E-state index contributed by atoms with van der Waals surface area (Å²) in [6, 6.07) is -0.329. The molecule has 1 unspecified atom stereocenters. The van der Waals surface area contributed by atoms with E-state index in [2.05, 4.69) is 10.2 Å². The van der Waals surface area contributed by atoms with E-state index in [9.17, 15) is 9.59 Å². The maximum absolute atomic E-state index is 12.7. The van der Waals surface area contributed by atoms with Gasteiger partial charge in [0.1, 0.15) is 6.04 Å². The summed E-state index contributed by atoms with van der Waals surface area (Å²) < 4.78 is 5.58. The lowest BCUT2D eigenvalue weighted by atomic mass is 10.1. The fraction of sp³-hybridized carbons (Fsp3) is 0.882. The van der Waals surface area contributed by atoms with Gasteiger partial charge < -0.3 is 19.9 Å². The molecule has 3 aliphatic heterocycles. The van der Waals surface area contributed by atoms with E-state index in [1.165, 1.54) is 0 Å². The third-order valence-electron chi connectivity index (χ3n) is 5.53. The van der Waals surface area contributed by atoms with Crippen molar-refractivity contribution in [2.45, 2.75) is 44.9 Å². The summed E-state index contributed by atoms with van der Waals surface area (Å²) in [6.45, 7) is 10.0. The second kappa shape index (κ2) is 10.7. The molecule has 3 saturated heterocycles. The molecule has 9 heteroatoms. The molecule has 0 aliphatic carbocycles. The molecule has 1 N–H and O–H groups in total. The Hall–Kier alpha value is -0.600. The highest BCUT2D eigenvalue weighted by Crippen LogP contribution is 2.15. The predicted octanol–water partition coefficient (Wildman–Crippen LogP) is 0.362. The summed E-state index contributed by atoms with van der Waals surface area (Å²) in [7, 11) is 0. The zero-order valence-electron chi connectivity index (χ0n) is 15.7. The molecule has 2 amide bonds. The van der Waals surface area contributed by atoms with Crippen molar-refractivity contribution >= 4 is 36.6 Å². The van der Waals surface area contributed by atoms with E-state index in [0.29, 0.717) is 19.7 Å². The van der Waals surface area contributed by atoms with Crippen LogP contribution < -0.4 is 5.32 Å². The van der Waals surface area contributed by atoms with Crippen molar-refractivity contribution < 1.29 is 14.3 Å². The molecule has 3 fully saturated rings. The summed E-state index contributed by atoms with van der Waals surface area (Å²) in [6.07, 6.45) is 2.16. The Morgan fingerprint density at radius 2 is 1.62 bits per heavy atom. The minimum absolute atomic E-state index is 0. The van der Waals surface area contributed by atoms with E-state index in [4.69, 9.17) is 4.74 Å². The molecule has 0 bridgehead atoms. The van der Waals surface area contributed by atoms with E-state index in [-0.39, 0.29) is 54.8 Å². The highest BCUT2D eigenvalue weighted by atomic mass is 35.5. The Labute approximate surface area is 168 Å². The monoisotopic (exact) mass is 410 g/mol. The number of nitrogens with one attached hydrogen (secondary N) is 1. The number of carbonyl (C=O) groups is 2. The predicted molar refractivity (Wildman–Crippen MR) is 105 cm³/mol. The Morgan fingerprint density at radius 3 is 2.19 bits per heavy atom. The average Bonchev–Trinajstić information content (AvgIpc) is 3.15. The number of morpholine rings is 1. The minimum atomic E-state index is -0.242. The van der Waals surface area contributed by atoms with Crippen LogP contribution in [0.5, 0.6) is 0 Å². The van der Waals surface area contributed by atoms with Gasteiger partial charge in [0.15, 0.2) is 0 Å². The first-order chi connectivity index (χ1) is 11.6. The SMILES string of the molecule is CC(C(=O)N1CCCC1)N1CCN(C(=O)[C@H]2NCCO[C@@H]2C)CC1.Cl.Cl. The van der Waals surface area contributed by atoms with Crippen molar-refractivity contribution in [2.24, 2.45) is 0 Å². The van der Waals surface area contributed by atoms with E-state index in [1.54, 1.807) is 0 Å². The van der Waals surface area contributed by atoms with Gasteiger partial charge in [-0.25, -0.2) is 0 Å². The Balaban J connectivity index is 0.00000169. The van der Waals surface area contributed by atoms with Gasteiger partial charge in [0.2, 0.25) is 11.8 Å². The molecule has 0 aromatic heterocycles. The Bertz CT molecular complexity index is 469. The van der Waals surface area contributed by atoms with Crippen LogP contribution in [0.1, 0.15) is 26.7 Å². The van der Waals surface area contributed by atoms with Gasteiger partial charge in [0, 0.05) is 45.8 Å². The van der Waals surface area contributed by atoms with Crippen LogP contribution in [0.3, 0.4) is 0 Å². The van der Waals surface area contributed by atoms with Crippen molar-refractivity contribution in [3.63, 3.8) is 0 Å². The van der Waals surface area contributed by atoms with Crippen LogP contribution in [0.15, 0.2) is 0 Å². The normalized spacial score (nSPS) is 28.1. The number of ether oxygens (including phenoxy) is 1. The summed E-state index contributed by atoms with van der Waals surface area (Å²) >= 11 is 0. The van der Waals surface area contributed by atoms with E-state index in [1.807, 2.05) is 23.6 Å². The molecule has 0 spiro atoms. The lowest BCUT2D eigenvalue weighted by Gasteiger charge is -2.40. The number of piperazine rings is 1. The molecule has 0 aromatic rings. The zero-order chi connectivity index (χ0) is 17.1. The standard InChI is InChI=1S/C17H30N4O3.2ClH/c1-13(16(22)20-6-3-4-7-20)19-8-10-21(11-9-19)17(23)15-14(2)24-12-5-18-15;;/h13-15,18H,3-12H2,1-2H3;2*1H/t13?,14-,15+;;/m1../s1. The van der Waals surface area contributed by atoms with Gasteiger partial charge in [0.05, 0.1) is 18.8 Å². The summed E-state index contributed by atoms with van der Waals surface area (Å²) in [4.78, 5) is 31.3. The van der Waals surface area contributed by atoms with Crippen LogP contribution in [0.4, 0.5) is 0 Å². The third kappa shape index (κ3) is 5.23. The number of hydrogen-bond acceptors (Lipinski definition) is 5. The van der Waals surface area contributed by atoms with Gasteiger partial charge in [-0.2, -0.15) is 0 Å². The molecule has 3 aliphatic rings. The van der Waals surface area contributed by atoms with Gasteiger partial charge in [-0.3, -0.25) is 14.5 Å². The first kappa shape index (κ1) is 23.4. The average molecular weight is 411 g/mol. The number of amides is 2. The quantitative estimate of drug-likeness (QED) is 0.727. The fourth-order valence-corrected chi connectivity index (χ4v) is 3.89. The number of halogens is 2. The van der Waals surface area contributed by atoms with Crippen molar-refractivity contribution in [1.82, 2.24) is 20.0 Å². The molecule has 26 heavy (non-hydrogen) atoms. The van der Waals surface area contributed by atoms with Gasteiger partial charge in [0.25, 0.3) is 0 Å². The second-order valence-corrected chi connectivity index (χ2v) is 7.08. The lowest BCUT2D eigenvalue weighted by molar-refractivity contribution is -0.142. The molecular weight excluding hydrogens is 379 g/mol. The van der Waals surface area contributed by atoms with Crippen molar-refractivity contribution in [2.75, 3.05) is 52.4 Å². The molecular formula is C17H32Cl2N4O3. The van der Waals surface area contributed by atoms with Crippen molar-refractivity contribution in [3.8, 4) is 0 Å². The van der Waals surface area contributed by atoms with Crippen LogP contribution in [0.2, 0.25) is 0 Å². The zero-order valence-corrected chi connectivity index (χ0v) is 17.3. The molecule has 0 aromatic carbocycles. The number of nitrogens with zero attached hydrogens (tertiary/aromatic N) is 3. The smallest absolute Gasteiger partial charge is 0.242 e. The van der Waals surface area contributed by atoms with Gasteiger partial charge >= 0.3 is 0 Å². The Morgan fingerprint density at radius 1 is 1.00 bits per heavy atom. The Kier molecular flexibility index (Phi) is 9.61. The van der Waals surface area contributed by atoms with Gasteiger partial charge in [-0.1, -0.05) is 0 Å². The summed E-state index contributed by atoms with van der Waals surface area (Å²) in [5, 5.41) is 3.26. The van der Waals surface area contributed by atoms with Crippen molar-refractivity contribution in [1.29, 1.82) is 0 Å². The molecule has 3 rings (SSSR count). The largest absolute Gasteiger partial charge is 0.375 e. The van der Waals surface area contributed by atoms with Gasteiger partial charge in [-0.15, -0.1) is 24.8 Å². The number of hydrogen-bond donors (Lipinski definition) is 1. The van der Waals surface area contributed by atoms with Crippen LogP contribution in [-0.2, 0) is 14.3 Å². The van der Waals surface area contributed by atoms with Crippen LogP contribution >= 0.6 is 24.8 Å². The summed E-state index contributed by atoms with van der Waals surface area (Å²) in [5.41, 5.74) is 0. The molecule has 0 saturated carbocycles. The fourth-order valence-electron chi connectivity index (χ4n) is 3.89. The molecule has 0 radical (unpaired) electrons. The maximum atomic E-state index is 12.7. The number of rotatable bonds is 3. The molecule has 152 valence electrons. The number of carbonyl (C=O) groups excluding carboxylic acids is 2. The number of likely N-dealkylation sites (tertiary alicyclic amines) is 1. The van der Waals surface area contributed by atoms with Crippen LogP contribution in [-0.4, -0.2) is 97.1 Å². The molecule has 7 nitrogen and oxygen atoms in total. The third-order valence-corrected chi connectivity index (χ3v) is 5.53. The summed E-state index contributed by atoms with van der Waals surface area (Å²) in [5.74, 6) is 0.364. The van der Waals surface area contributed by atoms with E-state index < -0.39 is 0 Å². The lowest BCUT2D eigenvalue weighted by Crippen LogP contribution is -2.61. The topological polar surface area (TPSA) is 65.1 Å². The highest BCUT2D eigenvalue weighted by molar-refractivity contribution is 5.85. The van der Waals surface area contributed by atoms with Crippen LogP contribution in [0.25, 0.3) is 0 Å². The van der Waals surface area contributed by atoms with Crippen molar-refractivity contribution in [3.05, 3.63) is 0 Å².